The summed E-state index contributed by atoms with van der Waals surface area (Å²) in [7, 11) is 6.07. The SMILES string of the molecule is [B]c1cc(C)c(-n2cc(C)c3c(N4CCC(CCI)CC4)cc(C)nc32)c(C)c1. The van der Waals surface area contributed by atoms with E-state index in [9.17, 15) is 0 Å². The zero-order chi connectivity index (χ0) is 20.7. The Bertz CT molecular complexity index is 1020. The summed E-state index contributed by atoms with van der Waals surface area (Å²) in [6.45, 7) is 10.9. The highest BCUT2D eigenvalue weighted by atomic mass is 127. The van der Waals surface area contributed by atoms with Crippen LogP contribution < -0.4 is 10.4 Å². The smallest absolute Gasteiger partial charge is 0.147 e. The summed E-state index contributed by atoms with van der Waals surface area (Å²) in [6, 6.07) is 6.39. The van der Waals surface area contributed by atoms with Gasteiger partial charge in [0.2, 0.25) is 0 Å². The van der Waals surface area contributed by atoms with Gasteiger partial charge in [-0.2, -0.15) is 0 Å². The second kappa shape index (κ2) is 8.33. The van der Waals surface area contributed by atoms with Crippen molar-refractivity contribution in [2.75, 3.05) is 22.4 Å². The zero-order valence-corrected chi connectivity index (χ0v) is 20.1. The van der Waals surface area contributed by atoms with Crippen molar-refractivity contribution in [1.29, 1.82) is 0 Å². The minimum Gasteiger partial charge on any atom is -0.371 e. The first-order valence-electron chi connectivity index (χ1n) is 10.6. The Balaban J connectivity index is 1.82. The number of fused-ring (bicyclic) bond motifs is 1. The largest absolute Gasteiger partial charge is 0.371 e. The van der Waals surface area contributed by atoms with Crippen LogP contribution in [0.25, 0.3) is 16.7 Å². The van der Waals surface area contributed by atoms with Gasteiger partial charge in [-0.25, -0.2) is 4.98 Å². The van der Waals surface area contributed by atoms with Crippen LogP contribution in [0.1, 0.15) is 41.6 Å². The van der Waals surface area contributed by atoms with Crippen molar-refractivity contribution in [1.82, 2.24) is 9.55 Å². The van der Waals surface area contributed by atoms with Gasteiger partial charge in [-0.15, -0.1) is 0 Å². The van der Waals surface area contributed by atoms with Gasteiger partial charge in [-0.3, -0.25) is 0 Å². The fourth-order valence-electron chi connectivity index (χ4n) is 4.92. The zero-order valence-electron chi connectivity index (χ0n) is 17.9. The normalized spacial score (nSPS) is 15.4. The maximum absolute atomic E-state index is 6.07. The molecule has 5 heteroatoms. The van der Waals surface area contributed by atoms with Gasteiger partial charge in [-0.05, 0) is 80.1 Å². The van der Waals surface area contributed by atoms with Crippen LogP contribution in [0.2, 0.25) is 0 Å². The molecule has 0 bridgehead atoms. The Hall–Kier alpha value is -1.50. The second-order valence-corrected chi connectivity index (χ2v) is 9.65. The van der Waals surface area contributed by atoms with Crippen molar-refractivity contribution < 1.29 is 0 Å². The van der Waals surface area contributed by atoms with Crippen molar-refractivity contribution in [2.45, 2.75) is 47.0 Å². The van der Waals surface area contributed by atoms with Crippen LogP contribution >= 0.6 is 22.6 Å². The van der Waals surface area contributed by atoms with E-state index in [1.807, 2.05) is 0 Å². The number of rotatable bonds is 4. The van der Waals surface area contributed by atoms with E-state index in [1.54, 1.807) is 0 Å². The number of hydrogen-bond acceptors (Lipinski definition) is 2. The number of aromatic nitrogens is 2. The quantitative estimate of drug-likeness (QED) is 0.285. The predicted octanol–water partition coefficient (Wildman–Crippen LogP) is 5.09. The summed E-state index contributed by atoms with van der Waals surface area (Å²) in [5, 5.41) is 1.29. The lowest BCUT2D eigenvalue weighted by atomic mass is 9.91. The second-order valence-electron chi connectivity index (χ2n) is 8.57. The van der Waals surface area contributed by atoms with Crippen molar-refractivity contribution in [3.63, 3.8) is 0 Å². The van der Waals surface area contributed by atoms with Crippen LogP contribution in [0.3, 0.4) is 0 Å². The van der Waals surface area contributed by atoms with Crippen LogP contribution in [0.4, 0.5) is 5.69 Å². The number of alkyl halides is 1. The van der Waals surface area contributed by atoms with Crippen LogP contribution in [-0.4, -0.2) is 34.9 Å². The number of hydrogen-bond donors (Lipinski definition) is 0. The van der Waals surface area contributed by atoms with E-state index >= 15 is 0 Å². The molecule has 0 saturated carbocycles. The van der Waals surface area contributed by atoms with Gasteiger partial charge in [0.1, 0.15) is 13.5 Å². The third-order valence-corrected chi connectivity index (χ3v) is 6.90. The molecule has 4 rings (SSSR count). The maximum atomic E-state index is 6.07. The van der Waals surface area contributed by atoms with Gasteiger partial charge >= 0.3 is 0 Å². The fourth-order valence-corrected chi connectivity index (χ4v) is 5.80. The third kappa shape index (κ3) is 3.95. The average Bonchev–Trinajstić information content (AvgIpc) is 2.97. The first-order chi connectivity index (χ1) is 13.9. The minimum absolute atomic E-state index is 0.816. The Morgan fingerprint density at radius 2 is 1.69 bits per heavy atom. The fraction of sp³-hybridized carbons (Fsp3) is 0.458. The Morgan fingerprint density at radius 3 is 2.31 bits per heavy atom. The van der Waals surface area contributed by atoms with E-state index in [-0.39, 0.29) is 0 Å². The first kappa shape index (κ1) is 20.8. The summed E-state index contributed by atoms with van der Waals surface area (Å²) in [4.78, 5) is 7.57. The molecular formula is C24H29BIN3. The van der Waals surface area contributed by atoms with Gasteiger partial charge in [0.15, 0.2) is 0 Å². The van der Waals surface area contributed by atoms with Gasteiger partial charge in [0.05, 0.1) is 5.69 Å². The van der Waals surface area contributed by atoms with Crippen molar-refractivity contribution in [2.24, 2.45) is 5.92 Å². The average molecular weight is 497 g/mol. The van der Waals surface area contributed by atoms with E-state index in [1.165, 1.54) is 57.1 Å². The van der Waals surface area contributed by atoms with Crippen LogP contribution in [0.5, 0.6) is 0 Å². The van der Waals surface area contributed by atoms with Gasteiger partial charge in [0.25, 0.3) is 0 Å². The van der Waals surface area contributed by atoms with Gasteiger partial charge in [-0.1, -0.05) is 40.2 Å². The molecular weight excluding hydrogens is 468 g/mol. The highest BCUT2D eigenvalue weighted by Gasteiger charge is 2.23. The van der Waals surface area contributed by atoms with Gasteiger partial charge in [0, 0.05) is 36.1 Å². The molecule has 3 nitrogen and oxygen atoms in total. The van der Waals surface area contributed by atoms with Crippen LogP contribution in [-0.2, 0) is 0 Å². The van der Waals surface area contributed by atoms with E-state index in [0.29, 0.717) is 0 Å². The number of piperidine rings is 1. The number of nitrogens with zero attached hydrogens (tertiary/aromatic N) is 3. The molecule has 3 aromatic rings. The summed E-state index contributed by atoms with van der Waals surface area (Å²) < 4.78 is 3.54. The number of halogens is 1. The molecule has 1 fully saturated rings. The molecule has 0 amide bonds. The lowest BCUT2D eigenvalue weighted by Gasteiger charge is -2.34. The molecule has 2 aromatic heterocycles. The molecule has 1 aromatic carbocycles. The molecule has 0 aliphatic carbocycles. The standard InChI is InChI=1S/C24H29BIN3/c1-15-11-20(25)12-16(2)23(15)29-14-17(3)22-21(13-18(4)27-24(22)29)28-9-6-19(5-8-26)7-10-28/h11-14,19H,5-10H2,1-4H3. The number of aryl methyl sites for hydroxylation is 4. The molecule has 29 heavy (non-hydrogen) atoms. The van der Waals surface area contributed by atoms with Crippen molar-refractivity contribution >= 4 is 52.6 Å². The molecule has 0 N–H and O–H groups in total. The van der Waals surface area contributed by atoms with E-state index in [4.69, 9.17) is 12.8 Å². The topological polar surface area (TPSA) is 21.1 Å². The maximum Gasteiger partial charge on any atom is 0.147 e. The lowest BCUT2D eigenvalue weighted by Crippen LogP contribution is -2.34. The molecule has 150 valence electrons. The van der Waals surface area contributed by atoms with E-state index < -0.39 is 0 Å². The van der Waals surface area contributed by atoms with E-state index in [0.717, 1.165) is 35.8 Å². The molecule has 1 aliphatic rings. The summed E-state index contributed by atoms with van der Waals surface area (Å²) in [5.74, 6) is 0.882. The number of pyridine rings is 1. The minimum atomic E-state index is 0.816. The monoisotopic (exact) mass is 497 g/mol. The van der Waals surface area contributed by atoms with Crippen molar-refractivity contribution in [3.05, 3.63) is 46.8 Å². The molecule has 2 radical (unpaired) electrons. The lowest BCUT2D eigenvalue weighted by molar-refractivity contribution is 0.399. The summed E-state index contributed by atoms with van der Waals surface area (Å²) in [5.41, 5.74) is 9.15. The van der Waals surface area contributed by atoms with Crippen LogP contribution in [0, 0.1) is 33.6 Å². The number of benzene rings is 1. The highest BCUT2D eigenvalue weighted by Crippen LogP contribution is 2.36. The predicted molar refractivity (Wildman–Crippen MR) is 134 cm³/mol. The first-order valence-corrected chi connectivity index (χ1v) is 12.1. The molecule has 1 aliphatic heterocycles. The van der Waals surface area contributed by atoms with E-state index in [2.05, 4.69) is 84.1 Å². The van der Waals surface area contributed by atoms with Crippen molar-refractivity contribution in [3.8, 4) is 5.69 Å². The Morgan fingerprint density at radius 1 is 1.03 bits per heavy atom. The molecule has 0 atom stereocenters. The van der Waals surface area contributed by atoms with Crippen LogP contribution in [0.15, 0.2) is 24.4 Å². The molecule has 0 spiro atoms. The Kier molecular flexibility index (Phi) is 5.96. The molecule has 1 saturated heterocycles. The molecule has 0 unspecified atom stereocenters. The molecule has 3 heterocycles. The highest BCUT2D eigenvalue weighted by molar-refractivity contribution is 14.1. The van der Waals surface area contributed by atoms with Gasteiger partial charge < -0.3 is 9.47 Å². The summed E-state index contributed by atoms with van der Waals surface area (Å²) in [6.07, 6.45) is 6.18. The Labute approximate surface area is 189 Å². The summed E-state index contributed by atoms with van der Waals surface area (Å²) >= 11 is 2.51. The third-order valence-electron chi connectivity index (χ3n) is 6.28. The number of anilines is 1.